The summed E-state index contributed by atoms with van der Waals surface area (Å²) >= 11 is 0. The number of carbonyl (C=O) groups excluding carboxylic acids is 1. The molecule has 0 saturated heterocycles. The van der Waals surface area contributed by atoms with Crippen molar-refractivity contribution in [2.75, 3.05) is 0 Å². The first-order valence-corrected chi connectivity index (χ1v) is 4.62. The molecule has 1 aromatic carbocycles. The van der Waals surface area contributed by atoms with Crippen LogP contribution in [0.5, 0.6) is 0 Å². The Labute approximate surface area is 87.2 Å². The predicted octanol–water partition coefficient (Wildman–Crippen LogP) is 1.11. The monoisotopic (exact) mass is 199 g/mol. The van der Waals surface area contributed by atoms with Gasteiger partial charge in [-0.1, -0.05) is 30.3 Å². The van der Waals surface area contributed by atoms with Crippen molar-refractivity contribution < 1.29 is 4.79 Å². The van der Waals surface area contributed by atoms with E-state index in [1.54, 1.807) is 24.3 Å². The first-order chi connectivity index (χ1) is 7.31. The second-order valence-electron chi connectivity index (χ2n) is 3.27. The SMILES string of the molecule is N#CC1CC(C(=O)c2ccccc2)=NN1. The molecule has 1 aromatic rings. The smallest absolute Gasteiger partial charge is 0.209 e. The zero-order valence-corrected chi connectivity index (χ0v) is 7.97. The fourth-order valence-electron chi connectivity index (χ4n) is 1.41. The number of hydrogen-bond acceptors (Lipinski definition) is 4. The van der Waals surface area contributed by atoms with Crippen molar-refractivity contribution in [3.63, 3.8) is 0 Å². The number of benzene rings is 1. The summed E-state index contributed by atoms with van der Waals surface area (Å²) in [5.41, 5.74) is 3.64. The summed E-state index contributed by atoms with van der Waals surface area (Å²) in [6.07, 6.45) is 0.379. The van der Waals surface area contributed by atoms with E-state index in [0.717, 1.165) is 0 Å². The average molecular weight is 199 g/mol. The van der Waals surface area contributed by atoms with Gasteiger partial charge in [-0.05, 0) is 0 Å². The summed E-state index contributed by atoms with van der Waals surface area (Å²) in [5.74, 6) is -0.110. The van der Waals surface area contributed by atoms with Gasteiger partial charge in [0.2, 0.25) is 5.78 Å². The number of rotatable bonds is 2. The van der Waals surface area contributed by atoms with Crippen LogP contribution in [0.1, 0.15) is 16.8 Å². The summed E-state index contributed by atoms with van der Waals surface area (Å²) in [5, 5.41) is 12.5. The fraction of sp³-hybridized carbons (Fsp3) is 0.182. The summed E-state index contributed by atoms with van der Waals surface area (Å²) in [6, 6.07) is 10.6. The standard InChI is InChI=1S/C11H9N3O/c12-7-9-6-10(14-13-9)11(15)8-4-2-1-3-5-8/h1-5,9,13H,6H2. The third-order valence-electron chi connectivity index (χ3n) is 2.21. The van der Waals surface area contributed by atoms with Gasteiger partial charge in [0, 0.05) is 12.0 Å². The molecule has 0 bridgehead atoms. The number of nitriles is 1. The van der Waals surface area contributed by atoms with Crippen molar-refractivity contribution in [1.29, 1.82) is 5.26 Å². The van der Waals surface area contributed by atoms with Crippen LogP contribution in [0.4, 0.5) is 0 Å². The van der Waals surface area contributed by atoms with Gasteiger partial charge < -0.3 is 0 Å². The molecule has 4 nitrogen and oxygen atoms in total. The minimum Gasteiger partial charge on any atom is -0.292 e. The van der Waals surface area contributed by atoms with Gasteiger partial charge in [-0.2, -0.15) is 10.4 Å². The van der Waals surface area contributed by atoms with Crippen LogP contribution in [0, 0.1) is 11.3 Å². The summed E-state index contributed by atoms with van der Waals surface area (Å²) < 4.78 is 0. The quantitative estimate of drug-likeness (QED) is 0.725. The van der Waals surface area contributed by atoms with Gasteiger partial charge in [0.15, 0.2) is 0 Å². The largest absolute Gasteiger partial charge is 0.292 e. The maximum Gasteiger partial charge on any atom is 0.209 e. The maximum absolute atomic E-state index is 11.8. The lowest BCUT2D eigenvalue weighted by molar-refractivity contribution is 0.106. The lowest BCUT2D eigenvalue weighted by Gasteiger charge is -1.98. The molecule has 1 atom stereocenters. The third kappa shape index (κ3) is 1.86. The molecular weight excluding hydrogens is 190 g/mol. The predicted molar refractivity (Wildman–Crippen MR) is 55.4 cm³/mol. The lowest BCUT2D eigenvalue weighted by Crippen LogP contribution is -2.18. The highest BCUT2D eigenvalue weighted by Crippen LogP contribution is 2.09. The van der Waals surface area contributed by atoms with E-state index >= 15 is 0 Å². The topological polar surface area (TPSA) is 65.2 Å². The molecule has 0 radical (unpaired) electrons. The molecule has 0 amide bonds. The Morgan fingerprint density at radius 2 is 2.20 bits per heavy atom. The number of nitrogens with zero attached hydrogens (tertiary/aromatic N) is 2. The van der Waals surface area contributed by atoms with Crippen molar-refractivity contribution in [2.24, 2.45) is 5.10 Å². The van der Waals surface area contributed by atoms with E-state index in [0.29, 0.717) is 17.7 Å². The Balaban J connectivity index is 2.15. The number of hydrogen-bond donors (Lipinski definition) is 1. The average Bonchev–Trinajstić information content (AvgIpc) is 2.78. The molecule has 74 valence electrons. The van der Waals surface area contributed by atoms with E-state index < -0.39 is 0 Å². The molecule has 15 heavy (non-hydrogen) atoms. The van der Waals surface area contributed by atoms with Crippen LogP contribution in [0.2, 0.25) is 0 Å². The van der Waals surface area contributed by atoms with Crippen molar-refractivity contribution in [3.8, 4) is 6.07 Å². The number of carbonyl (C=O) groups is 1. The summed E-state index contributed by atoms with van der Waals surface area (Å²) in [6.45, 7) is 0. The molecule has 1 heterocycles. The first-order valence-electron chi connectivity index (χ1n) is 4.62. The van der Waals surface area contributed by atoms with Crippen molar-refractivity contribution in [2.45, 2.75) is 12.5 Å². The molecule has 2 rings (SSSR count). The van der Waals surface area contributed by atoms with E-state index in [1.807, 2.05) is 12.1 Å². The number of nitrogens with one attached hydrogen (secondary N) is 1. The molecule has 1 aliphatic heterocycles. The van der Waals surface area contributed by atoms with Crippen LogP contribution in [0.15, 0.2) is 35.4 Å². The van der Waals surface area contributed by atoms with E-state index in [-0.39, 0.29) is 11.8 Å². The van der Waals surface area contributed by atoms with Gasteiger partial charge in [-0.25, -0.2) is 0 Å². The van der Waals surface area contributed by atoms with Gasteiger partial charge in [0.25, 0.3) is 0 Å². The Morgan fingerprint density at radius 1 is 1.47 bits per heavy atom. The minimum absolute atomic E-state index is 0.110. The van der Waals surface area contributed by atoms with Gasteiger partial charge in [0.1, 0.15) is 11.8 Å². The van der Waals surface area contributed by atoms with Gasteiger partial charge in [-0.3, -0.25) is 10.2 Å². The van der Waals surface area contributed by atoms with Crippen LogP contribution in [-0.2, 0) is 0 Å². The molecule has 0 saturated carbocycles. The minimum atomic E-state index is -0.368. The van der Waals surface area contributed by atoms with Crippen molar-refractivity contribution >= 4 is 11.5 Å². The number of ketones is 1. The highest BCUT2D eigenvalue weighted by Gasteiger charge is 2.23. The molecule has 0 aliphatic carbocycles. The van der Waals surface area contributed by atoms with Crippen molar-refractivity contribution in [1.82, 2.24) is 5.43 Å². The maximum atomic E-state index is 11.8. The molecule has 1 N–H and O–H groups in total. The zero-order valence-electron chi connectivity index (χ0n) is 7.97. The molecule has 0 aromatic heterocycles. The highest BCUT2D eigenvalue weighted by atomic mass is 16.1. The molecule has 1 unspecified atom stereocenters. The summed E-state index contributed by atoms with van der Waals surface area (Å²) in [7, 11) is 0. The van der Waals surface area contributed by atoms with E-state index in [9.17, 15) is 4.79 Å². The van der Waals surface area contributed by atoms with Gasteiger partial charge in [0.05, 0.1) is 6.07 Å². The summed E-state index contributed by atoms with van der Waals surface area (Å²) in [4.78, 5) is 11.8. The van der Waals surface area contributed by atoms with Crippen LogP contribution in [0.25, 0.3) is 0 Å². The van der Waals surface area contributed by atoms with Gasteiger partial charge in [-0.15, -0.1) is 0 Å². The molecule has 0 fully saturated rings. The Bertz CT molecular complexity index is 445. The first kappa shape index (κ1) is 9.41. The highest BCUT2D eigenvalue weighted by molar-refractivity contribution is 6.46. The Morgan fingerprint density at radius 3 is 2.80 bits per heavy atom. The fourth-order valence-corrected chi connectivity index (χ4v) is 1.41. The van der Waals surface area contributed by atoms with E-state index in [4.69, 9.17) is 5.26 Å². The van der Waals surface area contributed by atoms with Crippen LogP contribution >= 0.6 is 0 Å². The molecule has 4 heteroatoms. The molecule has 0 spiro atoms. The number of Topliss-reactive ketones (excluding diaryl/α,β-unsaturated/α-hetero) is 1. The zero-order chi connectivity index (χ0) is 10.7. The van der Waals surface area contributed by atoms with Gasteiger partial charge >= 0.3 is 0 Å². The lowest BCUT2D eigenvalue weighted by atomic mass is 10.0. The van der Waals surface area contributed by atoms with Crippen molar-refractivity contribution in [3.05, 3.63) is 35.9 Å². The Kier molecular flexibility index (Phi) is 2.46. The normalized spacial score (nSPS) is 18.9. The second kappa shape index (κ2) is 3.93. The molecular formula is C11H9N3O. The van der Waals surface area contributed by atoms with Crippen LogP contribution < -0.4 is 5.43 Å². The molecule has 1 aliphatic rings. The number of hydrazone groups is 1. The van der Waals surface area contributed by atoms with Crippen LogP contribution in [-0.4, -0.2) is 17.5 Å². The van der Waals surface area contributed by atoms with E-state index in [1.165, 1.54) is 0 Å². The van der Waals surface area contributed by atoms with E-state index in [2.05, 4.69) is 10.5 Å². The van der Waals surface area contributed by atoms with Crippen LogP contribution in [0.3, 0.4) is 0 Å². The second-order valence-corrected chi connectivity index (χ2v) is 3.27. The Hall–Kier alpha value is -2.15. The third-order valence-corrected chi connectivity index (χ3v) is 2.21.